The molecular weight excluding hydrogens is 727 g/mol. The van der Waals surface area contributed by atoms with Crippen LogP contribution in [-0.2, 0) is 12.8 Å². The van der Waals surface area contributed by atoms with Crippen molar-refractivity contribution in [2.24, 2.45) is 0 Å². The molecule has 0 bridgehead atoms. The van der Waals surface area contributed by atoms with Gasteiger partial charge in [-0.25, -0.2) is 15.0 Å². The highest BCUT2D eigenvalue weighted by Crippen LogP contribution is 2.42. The molecule has 12 rings (SSSR count). The molecule has 58 heavy (non-hydrogen) atoms. The number of thiophene rings is 1. The summed E-state index contributed by atoms with van der Waals surface area (Å²) in [5.74, 6) is 1.92. The van der Waals surface area contributed by atoms with Crippen LogP contribution < -0.4 is 0 Å². The van der Waals surface area contributed by atoms with Crippen molar-refractivity contribution < 1.29 is 4.42 Å². The normalized spacial score (nSPS) is 12.3. The van der Waals surface area contributed by atoms with Crippen LogP contribution in [0.2, 0.25) is 0 Å². The largest absolute Gasteiger partial charge is 0.456 e. The maximum atomic E-state index is 6.50. The molecule has 0 N–H and O–H groups in total. The van der Waals surface area contributed by atoms with Crippen LogP contribution in [0.25, 0.3) is 110 Å². The van der Waals surface area contributed by atoms with Gasteiger partial charge in [-0.05, 0) is 106 Å². The summed E-state index contributed by atoms with van der Waals surface area (Å²) in [6.07, 6.45) is 2.12. The molecule has 3 aromatic heterocycles. The molecule has 1 aliphatic rings. The first-order valence-corrected chi connectivity index (χ1v) is 20.5. The molecule has 272 valence electrons. The van der Waals surface area contributed by atoms with Gasteiger partial charge in [-0.1, -0.05) is 127 Å². The van der Waals surface area contributed by atoms with Gasteiger partial charge in [0.2, 0.25) is 0 Å². The summed E-state index contributed by atoms with van der Waals surface area (Å²) in [6.45, 7) is 0. The Balaban J connectivity index is 0.972. The van der Waals surface area contributed by atoms with E-state index >= 15 is 0 Å². The molecule has 5 heteroatoms. The first-order valence-electron chi connectivity index (χ1n) is 19.7. The fraction of sp³-hybridized carbons (Fsp3) is 0.0377. The van der Waals surface area contributed by atoms with E-state index < -0.39 is 0 Å². The van der Waals surface area contributed by atoms with E-state index in [-0.39, 0.29) is 0 Å². The van der Waals surface area contributed by atoms with Crippen molar-refractivity contribution in [2.75, 3.05) is 0 Å². The summed E-state index contributed by atoms with van der Waals surface area (Å²) >= 11 is 1.81. The van der Waals surface area contributed by atoms with Gasteiger partial charge in [0.15, 0.2) is 17.5 Å². The Morgan fingerprint density at radius 2 is 0.983 bits per heavy atom. The third kappa shape index (κ3) is 5.47. The summed E-state index contributed by atoms with van der Waals surface area (Å²) < 4.78 is 9.02. The lowest BCUT2D eigenvalue weighted by molar-refractivity contribution is 0.669. The highest BCUT2D eigenvalue weighted by molar-refractivity contribution is 7.25. The maximum absolute atomic E-state index is 6.50. The molecule has 0 atom stereocenters. The molecule has 3 heterocycles. The molecule has 0 unspecified atom stereocenters. The van der Waals surface area contributed by atoms with Gasteiger partial charge in [-0.3, -0.25) is 0 Å². The average Bonchev–Trinajstić information content (AvgIpc) is 3.87. The monoisotopic (exact) mass is 759 g/mol. The smallest absolute Gasteiger partial charge is 0.164 e. The molecule has 0 saturated carbocycles. The highest BCUT2D eigenvalue weighted by Gasteiger charge is 2.19. The van der Waals surface area contributed by atoms with Crippen LogP contribution in [0.15, 0.2) is 180 Å². The van der Waals surface area contributed by atoms with E-state index in [0.29, 0.717) is 17.5 Å². The summed E-state index contributed by atoms with van der Waals surface area (Å²) in [4.78, 5) is 15.3. The van der Waals surface area contributed by atoms with Gasteiger partial charge in [0, 0.05) is 47.6 Å². The van der Waals surface area contributed by atoms with Crippen molar-refractivity contribution in [1.82, 2.24) is 15.0 Å². The van der Waals surface area contributed by atoms with Crippen LogP contribution in [0.5, 0.6) is 0 Å². The van der Waals surface area contributed by atoms with Crippen molar-refractivity contribution in [2.45, 2.75) is 12.8 Å². The zero-order valence-corrected chi connectivity index (χ0v) is 32.1. The number of aromatic nitrogens is 3. The van der Waals surface area contributed by atoms with Gasteiger partial charge in [0.25, 0.3) is 0 Å². The van der Waals surface area contributed by atoms with Crippen molar-refractivity contribution >= 4 is 53.4 Å². The fourth-order valence-corrected chi connectivity index (χ4v) is 9.89. The van der Waals surface area contributed by atoms with E-state index in [1.165, 1.54) is 53.6 Å². The molecule has 0 saturated heterocycles. The Morgan fingerprint density at radius 3 is 1.90 bits per heavy atom. The Hall–Kier alpha value is -7.21. The Morgan fingerprint density at radius 1 is 0.362 bits per heavy atom. The standard InChI is InChI=1S/C53H33N3OS/c1-2-11-33(12-3-1)51-54-52(56-53(55-51)39-24-27-49-44(31-39)43-16-6-7-19-48(43)58-49)38-14-8-13-36(29-38)42-17-9-18-47-50(42)45-30-35(23-26-46(45)57-47)34-22-25-41-37(28-34)21-20-32-10-4-5-15-40(32)41/h1-19,22-31H,20-21H2. The van der Waals surface area contributed by atoms with Crippen LogP contribution in [-0.4, -0.2) is 15.0 Å². The second kappa shape index (κ2) is 13.2. The zero-order chi connectivity index (χ0) is 38.2. The van der Waals surface area contributed by atoms with Crippen molar-refractivity contribution in [3.05, 3.63) is 187 Å². The summed E-state index contributed by atoms with van der Waals surface area (Å²) in [7, 11) is 0. The van der Waals surface area contributed by atoms with Crippen LogP contribution in [0, 0.1) is 0 Å². The summed E-state index contributed by atoms with van der Waals surface area (Å²) in [5, 5.41) is 4.66. The Kier molecular flexibility index (Phi) is 7.50. The SMILES string of the molecule is c1ccc(-c2nc(-c3cccc(-c4cccc5oc6ccc(-c7ccc8c(c7)CCc7ccccc7-8)cc6c45)c3)nc(-c3ccc4sc5ccccc5c4c3)n2)cc1. The molecule has 0 radical (unpaired) electrons. The minimum absolute atomic E-state index is 0.627. The third-order valence-electron chi connectivity index (χ3n) is 11.6. The molecule has 0 aliphatic heterocycles. The molecule has 0 amide bonds. The fourth-order valence-electron chi connectivity index (χ4n) is 8.80. The number of nitrogens with zero attached hydrogens (tertiary/aromatic N) is 3. The summed E-state index contributed by atoms with van der Waals surface area (Å²) in [6, 6.07) is 62.5. The number of aryl methyl sites for hydroxylation is 2. The first kappa shape index (κ1) is 33.0. The molecule has 1 aliphatic carbocycles. The lowest BCUT2D eigenvalue weighted by atomic mass is 9.84. The van der Waals surface area contributed by atoms with Gasteiger partial charge in [0.05, 0.1) is 0 Å². The average molecular weight is 760 g/mol. The van der Waals surface area contributed by atoms with E-state index in [2.05, 4.69) is 158 Å². The molecule has 8 aromatic carbocycles. The van der Waals surface area contributed by atoms with Gasteiger partial charge in [-0.15, -0.1) is 11.3 Å². The van der Waals surface area contributed by atoms with Crippen LogP contribution in [0.1, 0.15) is 11.1 Å². The first-order chi connectivity index (χ1) is 28.7. The quantitative estimate of drug-likeness (QED) is 0.175. The Labute approximate surface area is 338 Å². The van der Waals surface area contributed by atoms with Gasteiger partial charge in [0.1, 0.15) is 11.2 Å². The van der Waals surface area contributed by atoms with Gasteiger partial charge >= 0.3 is 0 Å². The van der Waals surface area contributed by atoms with E-state index in [9.17, 15) is 0 Å². The second-order valence-corrected chi connectivity index (χ2v) is 16.2. The topological polar surface area (TPSA) is 51.8 Å². The minimum atomic E-state index is 0.627. The molecule has 11 aromatic rings. The maximum Gasteiger partial charge on any atom is 0.164 e. The van der Waals surface area contributed by atoms with Gasteiger partial charge in [-0.2, -0.15) is 0 Å². The lowest BCUT2D eigenvalue weighted by Gasteiger charge is -2.20. The number of hydrogen-bond donors (Lipinski definition) is 0. The molecule has 0 fully saturated rings. The molecule has 4 nitrogen and oxygen atoms in total. The van der Waals surface area contributed by atoms with E-state index in [0.717, 1.165) is 62.6 Å². The minimum Gasteiger partial charge on any atom is -0.456 e. The van der Waals surface area contributed by atoms with Crippen molar-refractivity contribution in [3.63, 3.8) is 0 Å². The van der Waals surface area contributed by atoms with Crippen LogP contribution in [0.3, 0.4) is 0 Å². The number of rotatable bonds is 5. The van der Waals surface area contributed by atoms with E-state index in [4.69, 9.17) is 19.4 Å². The van der Waals surface area contributed by atoms with Crippen LogP contribution in [0.4, 0.5) is 0 Å². The highest BCUT2D eigenvalue weighted by atomic mass is 32.1. The number of furan rings is 1. The zero-order valence-electron chi connectivity index (χ0n) is 31.3. The molecule has 0 spiro atoms. The Bertz CT molecular complexity index is 3420. The van der Waals surface area contributed by atoms with E-state index in [1.54, 1.807) is 0 Å². The molecular formula is C53H33N3OS. The van der Waals surface area contributed by atoms with Crippen molar-refractivity contribution in [1.29, 1.82) is 0 Å². The number of benzene rings is 8. The number of fused-ring (bicyclic) bond motifs is 9. The third-order valence-corrected chi connectivity index (χ3v) is 12.8. The lowest BCUT2D eigenvalue weighted by Crippen LogP contribution is -2.03. The second-order valence-electron chi connectivity index (χ2n) is 15.1. The summed E-state index contributed by atoms with van der Waals surface area (Å²) in [5.41, 5.74) is 14.7. The van der Waals surface area contributed by atoms with Crippen molar-refractivity contribution in [3.8, 4) is 67.5 Å². The predicted octanol–water partition coefficient (Wildman–Crippen LogP) is 14.2. The number of hydrogen-bond acceptors (Lipinski definition) is 5. The van der Waals surface area contributed by atoms with Gasteiger partial charge < -0.3 is 4.42 Å². The predicted molar refractivity (Wildman–Crippen MR) is 240 cm³/mol. The van der Waals surface area contributed by atoms with E-state index in [1.807, 2.05) is 29.5 Å². The van der Waals surface area contributed by atoms with Crippen LogP contribution >= 0.6 is 11.3 Å².